The quantitative estimate of drug-likeness (QED) is 0.0483. The molecule has 294 valence electrons. The number of guanidine groups is 2. The van der Waals surface area contributed by atoms with Crippen LogP contribution >= 0.6 is 0 Å². The molecule has 3 rings (SSSR count). The Morgan fingerprint density at radius 1 is 0.792 bits per heavy atom. The van der Waals surface area contributed by atoms with E-state index in [9.17, 15) is 28.8 Å². The summed E-state index contributed by atoms with van der Waals surface area (Å²) < 4.78 is 1.55. The van der Waals surface area contributed by atoms with E-state index in [1.54, 1.807) is 4.68 Å². The summed E-state index contributed by atoms with van der Waals surface area (Å²) in [6.07, 6.45) is 9.07. The van der Waals surface area contributed by atoms with E-state index < -0.39 is 47.5 Å². The number of hydrogen-bond acceptors (Lipinski definition) is 10. The van der Waals surface area contributed by atoms with Crippen molar-refractivity contribution in [3.8, 4) is 0 Å². The molecule has 20 nitrogen and oxygen atoms in total. The zero-order valence-corrected chi connectivity index (χ0v) is 30.3. The Bertz CT molecular complexity index is 1450. The van der Waals surface area contributed by atoms with Crippen molar-refractivity contribution in [1.29, 1.82) is 0 Å². The van der Waals surface area contributed by atoms with Gasteiger partial charge >= 0.3 is 0 Å². The van der Waals surface area contributed by atoms with E-state index >= 15 is 0 Å². The monoisotopic (exact) mass is 744 g/mol. The van der Waals surface area contributed by atoms with Crippen molar-refractivity contribution >= 4 is 47.2 Å². The van der Waals surface area contributed by atoms with Gasteiger partial charge in [0.05, 0.1) is 12.2 Å². The van der Waals surface area contributed by atoms with Crippen LogP contribution in [0.25, 0.3) is 0 Å². The first kappa shape index (κ1) is 42.1. The zero-order valence-electron chi connectivity index (χ0n) is 30.3. The minimum atomic E-state index is -1.19. The van der Waals surface area contributed by atoms with E-state index in [-0.39, 0.29) is 61.8 Å². The first-order valence-corrected chi connectivity index (χ1v) is 18.5. The fourth-order valence-electron chi connectivity index (χ4n) is 5.61. The molecule has 0 saturated heterocycles. The van der Waals surface area contributed by atoms with Gasteiger partial charge in [0.1, 0.15) is 12.1 Å². The summed E-state index contributed by atoms with van der Waals surface area (Å²) in [7, 11) is 0. The summed E-state index contributed by atoms with van der Waals surface area (Å²) in [5.74, 6) is -3.89. The van der Waals surface area contributed by atoms with E-state index in [1.165, 1.54) is 6.20 Å². The maximum Gasteiger partial charge on any atom is 0.289 e. The van der Waals surface area contributed by atoms with Crippen LogP contribution in [0.5, 0.6) is 0 Å². The predicted octanol–water partition coefficient (Wildman–Crippen LogP) is -2.06. The van der Waals surface area contributed by atoms with Gasteiger partial charge in [-0.25, -0.2) is 0 Å². The average molecular weight is 745 g/mol. The minimum Gasteiger partial charge on any atom is -0.370 e. The number of hydrogen-bond donors (Lipinski definition) is 9. The van der Waals surface area contributed by atoms with Crippen molar-refractivity contribution in [2.24, 2.45) is 32.9 Å². The Morgan fingerprint density at radius 3 is 2.17 bits per heavy atom. The molecule has 3 atom stereocenters. The molecule has 2 aliphatic rings. The van der Waals surface area contributed by atoms with Crippen LogP contribution in [-0.4, -0.2) is 106 Å². The summed E-state index contributed by atoms with van der Waals surface area (Å²) >= 11 is 0. The van der Waals surface area contributed by atoms with Crippen molar-refractivity contribution in [3.63, 3.8) is 0 Å². The lowest BCUT2D eigenvalue weighted by Gasteiger charge is -2.25. The van der Waals surface area contributed by atoms with Gasteiger partial charge in [0.25, 0.3) is 11.8 Å². The number of carbonyl (C=O) groups excluding carboxylic acids is 6. The highest BCUT2D eigenvalue weighted by atomic mass is 16.2. The van der Waals surface area contributed by atoms with Crippen molar-refractivity contribution in [2.75, 3.05) is 19.6 Å². The number of rotatable bonds is 12. The number of unbranched alkanes of at least 4 members (excludes halogenated alkanes) is 1. The maximum atomic E-state index is 13.8. The molecular weight excluding hydrogens is 688 g/mol. The fourth-order valence-corrected chi connectivity index (χ4v) is 5.61. The first-order chi connectivity index (χ1) is 25.4. The van der Waals surface area contributed by atoms with Gasteiger partial charge in [0.15, 0.2) is 17.6 Å². The van der Waals surface area contributed by atoms with Gasteiger partial charge in [-0.15, -0.1) is 5.10 Å². The van der Waals surface area contributed by atoms with Crippen molar-refractivity contribution in [3.05, 3.63) is 11.9 Å². The van der Waals surface area contributed by atoms with Crippen LogP contribution in [-0.2, 0) is 30.5 Å². The minimum absolute atomic E-state index is 0.00629. The van der Waals surface area contributed by atoms with Gasteiger partial charge in [0.2, 0.25) is 23.5 Å². The first-order valence-electron chi connectivity index (χ1n) is 18.5. The van der Waals surface area contributed by atoms with E-state index in [0.29, 0.717) is 58.2 Å². The number of nitrogens with two attached hydrogens (primary N) is 4. The van der Waals surface area contributed by atoms with Crippen LogP contribution in [0.2, 0.25) is 0 Å². The van der Waals surface area contributed by atoms with Crippen LogP contribution in [0.15, 0.2) is 16.2 Å². The normalized spacial score (nSPS) is 21.4. The van der Waals surface area contributed by atoms with Gasteiger partial charge in [0, 0.05) is 38.6 Å². The Morgan fingerprint density at radius 2 is 1.45 bits per heavy atom. The number of amides is 5. The van der Waals surface area contributed by atoms with Crippen LogP contribution in [0.4, 0.5) is 0 Å². The molecule has 1 aliphatic carbocycles. The van der Waals surface area contributed by atoms with Gasteiger partial charge in [-0.1, -0.05) is 18.1 Å². The van der Waals surface area contributed by atoms with E-state index in [4.69, 9.17) is 22.9 Å². The van der Waals surface area contributed by atoms with Gasteiger partial charge in [-0.3, -0.25) is 43.4 Å². The summed E-state index contributed by atoms with van der Waals surface area (Å²) in [4.78, 5) is 87.3. The molecule has 5 amide bonds. The van der Waals surface area contributed by atoms with Gasteiger partial charge in [-0.05, 0) is 77.0 Å². The lowest BCUT2D eigenvalue weighted by atomic mass is 10.0. The third kappa shape index (κ3) is 16.7. The molecule has 20 heteroatoms. The van der Waals surface area contributed by atoms with Crippen LogP contribution in [0.1, 0.15) is 107 Å². The molecule has 1 aliphatic heterocycles. The SMILES string of the molecule is NC(N)=NCCCC[C@@H]1NC(=O)c2cn(nn2)CCCCCCC(=O)NCCCC[C@@H](C(=O)C(=O)NC2CC2)NC(=O)[C@H](CCCN=C(N)N)NC1=O. The molecule has 53 heavy (non-hydrogen) atoms. The van der Waals surface area contributed by atoms with Crippen molar-refractivity contribution < 1.29 is 28.8 Å². The number of ketones is 1. The number of aliphatic imine (C=N–C) groups is 2. The number of fused-ring (bicyclic) bond motifs is 2. The molecule has 0 spiro atoms. The highest BCUT2D eigenvalue weighted by Crippen LogP contribution is 2.19. The number of aryl methyl sites for hydroxylation is 1. The fraction of sp³-hybridized carbons (Fsp3) is 0.697. The Balaban J connectivity index is 1.85. The number of Topliss-reactive ketones (excluding diaryl/α,β-unsaturated/α-hetero) is 1. The van der Waals surface area contributed by atoms with E-state index in [0.717, 1.165) is 32.1 Å². The lowest BCUT2D eigenvalue weighted by Crippen LogP contribution is -2.56. The Kier molecular flexibility index (Phi) is 18.0. The smallest absolute Gasteiger partial charge is 0.289 e. The molecule has 1 saturated carbocycles. The molecule has 1 aromatic rings. The molecule has 0 unspecified atom stereocenters. The molecule has 0 aromatic carbocycles. The third-order valence-corrected chi connectivity index (χ3v) is 8.72. The molecule has 13 N–H and O–H groups in total. The second-order valence-corrected chi connectivity index (χ2v) is 13.4. The van der Waals surface area contributed by atoms with E-state index in [1.807, 2.05) is 0 Å². The maximum absolute atomic E-state index is 13.8. The summed E-state index contributed by atoms with van der Waals surface area (Å²) in [5, 5.41) is 21.7. The number of carbonyl (C=O) groups is 6. The Hall–Kier alpha value is -5.30. The van der Waals surface area contributed by atoms with E-state index in [2.05, 4.69) is 46.9 Å². The lowest BCUT2D eigenvalue weighted by molar-refractivity contribution is -0.140. The second-order valence-electron chi connectivity index (χ2n) is 13.4. The van der Waals surface area contributed by atoms with Gasteiger partial charge in [-0.2, -0.15) is 0 Å². The highest BCUT2D eigenvalue weighted by Gasteiger charge is 2.34. The summed E-state index contributed by atoms with van der Waals surface area (Å²) in [5.41, 5.74) is 21.8. The molecule has 2 bridgehead atoms. The molecule has 2 heterocycles. The molecule has 1 fully saturated rings. The predicted molar refractivity (Wildman–Crippen MR) is 196 cm³/mol. The number of nitrogens with one attached hydrogen (secondary N) is 5. The number of nitrogens with zero attached hydrogens (tertiary/aromatic N) is 5. The van der Waals surface area contributed by atoms with Crippen LogP contribution < -0.4 is 49.5 Å². The largest absolute Gasteiger partial charge is 0.370 e. The van der Waals surface area contributed by atoms with Gasteiger partial charge < -0.3 is 49.5 Å². The number of aromatic nitrogens is 3. The summed E-state index contributed by atoms with van der Waals surface area (Å²) in [6.45, 7) is 1.36. The summed E-state index contributed by atoms with van der Waals surface area (Å²) in [6, 6.07) is -3.55. The van der Waals surface area contributed by atoms with Crippen molar-refractivity contribution in [2.45, 2.75) is 127 Å². The molecule has 0 radical (unpaired) electrons. The zero-order chi connectivity index (χ0) is 38.6. The second kappa shape index (κ2) is 22.6. The third-order valence-electron chi connectivity index (χ3n) is 8.72. The standard InChI is InChI=1S/C33H56N14O6/c34-32(35)39-17-7-5-11-23-29(51)43-24(12-9-18-40-33(36)37)28(50)42-22(27(49)31(53)41-21-14-15-21)10-4-6-16-38-26(48)13-3-1-2-8-19-47-20-25(45-46-47)30(52)44-23/h20-24H,1-19H2,(H,38,48)(H,41,53)(H,42,50)(H,43,51)(H,44,52)(H4,34,35,39)(H4,36,37,40)/t22-,23-,24-/m0/s1. The van der Waals surface area contributed by atoms with Crippen LogP contribution in [0.3, 0.4) is 0 Å². The highest BCUT2D eigenvalue weighted by molar-refractivity contribution is 6.38. The molecule has 1 aromatic heterocycles. The van der Waals surface area contributed by atoms with Crippen LogP contribution in [0, 0.1) is 0 Å². The van der Waals surface area contributed by atoms with Crippen molar-refractivity contribution in [1.82, 2.24) is 41.6 Å². The molecular formula is C33H56N14O6. The average Bonchev–Trinajstić information content (AvgIpc) is 3.80. The Labute approximate surface area is 308 Å². The topological polar surface area (TPSA) is 322 Å².